The number of rotatable bonds is 6. The molecule has 1 saturated heterocycles. The van der Waals surface area contributed by atoms with Gasteiger partial charge in [0.1, 0.15) is 0 Å². The first-order chi connectivity index (χ1) is 6.83. The minimum Gasteiger partial charge on any atom is -0.355 e. The van der Waals surface area contributed by atoms with Crippen LogP contribution in [-0.4, -0.2) is 50.1 Å². The molecule has 4 nitrogen and oxygen atoms in total. The third-order valence-electron chi connectivity index (χ3n) is 2.46. The van der Waals surface area contributed by atoms with E-state index in [1.165, 1.54) is 25.9 Å². The summed E-state index contributed by atoms with van der Waals surface area (Å²) in [4.78, 5) is 13.5. The molecule has 4 heteroatoms. The maximum absolute atomic E-state index is 11.1. The SMILES string of the molecule is CCNC(=O)CNCCN1CCCC1. The number of carbonyl (C=O) groups is 1. The highest BCUT2D eigenvalue weighted by Crippen LogP contribution is 2.05. The minimum absolute atomic E-state index is 0.0916. The van der Waals surface area contributed by atoms with E-state index in [9.17, 15) is 4.79 Å². The van der Waals surface area contributed by atoms with Crippen molar-refractivity contribution >= 4 is 5.91 Å². The minimum atomic E-state index is 0.0916. The Morgan fingerprint density at radius 3 is 2.71 bits per heavy atom. The van der Waals surface area contributed by atoms with Gasteiger partial charge in [0.05, 0.1) is 6.54 Å². The van der Waals surface area contributed by atoms with Crippen LogP contribution in [0.2, 0.25) is 0 Å². The average molecular weight is 199 g/mol. The van der Waals surface area contributed by atoms with Crippen LogP contribution in [0.3, 0.4) is 0 Å². The maximum Gasteiger partial charge on any atom is 0.233 e. The Bertz CT molecular complexity index is 167. The molecule has 1 heterocycles. The Balaban J connectivity index is 1.90. The van der Waals surface area contributed by atoms with Crippen LogP contribution in [0.5, 0.6) is 0 Å². The summed E-state index contributed by atoms with van der Waals surface area (Å²) in [5, 5.41) is 5.90. The Morgan fingerprint density at radius 1 is 1.36 bits per heavy atom. The molecule has 0 aliphatic carbocycles. The van der Waals surface area contributed by atoms with Gasteiger partial charge in [-0.1, -0.05) is 0 Å². The van der Waals surface area contributed by atoms with Crippen LogP contribution in [-0.2, 0) is 4.79 Å². The van der Waals surface area contributed by atoms with E-state index in [4.69, 9.17) is 0 Å². The number of carbonyl (C=O) groups excluding carboxylic acids is 1. The standard InChI is InChI=1S/C10H21N3O/c1-2-12-10(14)9-11-5-8-13-6-3-4-7-13/h11H,2-9H2,1H3,(H,12,14). The van der Waals surface area contributed by atoms with Crippen LogP contribution in [0.1, 0.15) is 19.8 Å². The lowest BCUT2D eigenvalue weighted by Crippen LogP contribution is -2.37. The lowest BCUT2D eigenvalue weighted by Gasteiger charge is -2.14. The van der Waals surface area contributed by atoms with E-state index < -0.39 is 0 Å². The molecule has 0 aromatic carbocycles. The lowest BCUT2D eigenvalue weighted by molar-refractivity contribution is -0.120. The zero-order valence-electron chi connectivity index (χ0n) is 9.01. The van der Waals surface area contributed by atoms with Gasteiger partial charge in [-0.25, -0.2) is 0 Å². The molecule has 2 N–H and O–H groups in total. The summed E-state index contributed by atoms with van der Waals surface area (Å²) in [5.74, 6) is 0.0916. The van der Waals surface area contributed by atoms with Gasteiger partial charge in [-0.2, -0.15) is 0 Å². The van der Waals surface area contributed by atoms with Crippen LogP contribution < -0.4 is 10.6 Å². The van der Waals surface area contributed by atoms with Gasteiger partial charge in [0.15, 0.2) is 0 Å². The molecule has 0 saturated carbocycles. The molecular weight excluding hydrogens is 178 g/mol. The molecule has 0 aromatic rings. The molecule has 1 rings (SSSR count). The molecule has 1 aliphatic rings. The van der Waals surface area contributed by atoms with E-state index in [1.54, 1.807) is 0 Å². The summed E-state index contributed by atoms with van der Waals surface area (Å²) in [6.45, 7) is 7.53. The molecule has 0 bridgehead atoms. The second kappa shape index (κ2) is 6.79. The van der Waals surface area contributed by atoms with Gasteiger partial charge < -0.3 is 15.5 Å². The molecule has 0 aromatic heterocycles. The average Bonchev–Trinajstić information content (AvgIpc) is 2.65. The lowest BCUT2D eigenvalue weighted by atomic mass is 10.4. The van der Waals surface area contributed by atoms with Crippen molar-refractivity contribution in [3.63, 3.8) is 0 Å². The molecule has 0 atom stereocenters. The van der Waals surface area contributed by atoms with Crippen LogP contribution in [0.15, 0.2) is 0 Å². The van der Waals surface area contributed by atoms with Gasteiger partial charge in [0.2, 0.25) is 5.91 Å². The van der Waals surface area contributed by atoms with Crippen LogP contribution in [0.25, 0.3) is 0 Å². The van der Waals surface area contributed by atoms with Crippen molar-refractivity contribution in [2.75, 3.05) is 39.3 Å². The molecule has 0 spiro atoms. The van der Waals surface area contributed by atoms with Gasteiger partial charge in [0, 0.05) is 19.6 Å². The number of likely N-dealkylation sites (tertiary alicyclic amines) is 1. The summed E-state index contributed by atoms with van der Waals surface area (Å²) < 4.78 is 0. The van der Waals surface area contributed by atoms with Gasteiger partial charge in [0.25, 0.3) is 0 Å². The van der Waals surface area contributed by atoms with E-state index in [0.717, 1.165) is 13.1 Å². The van der Waals surface area contributed by atoms with Crippen LogP contribution in [0.4, 0.5) is 0 Å². The third-order valence-corrected chi connectivity index (χ3v) is 2.46. The number of nitrogens with zero attached hydrogens (tertiary/aromatic N) is 1. The molecule has 14 heavy (non-hydrogen) atoms. The second-order valence-electron chi connectivity index (χ2n) is 3.68. The number of nitrogens with one attached hydrogen (secondary N) is 2. The van der Waals surface area contributed by atoms with E-state index in [1.807, 2.05) is 6.92 Å². The van der Waals surface area contributed by atoms with E-state index in [2.05, 4.69) is 15.5 Å². The largest absolute Gasteiger partial charge is 0.355 e. The Labute approximate surface area is 86.0 Å². The van der Waals surface area contributed by atoms with Gasteiger partial charge in [-0.05, 0) is 32.9 Å². The number of hydrogen-bond donors (Lipinski definition) is 2. The number of hydrogen-bond acceptors (Lipinski definition) is 3. The zero-order valence-corrected chi connectivity index (χ0v) is 9.01. The van der Waals surface area contributed by atoms with Crippen molar-refractivity contribution < 1.29 is 4.79 Å². The Morgan fingerprint density at radius 2 is 2.07 bits per heavy atom. The fraction of sp³-hybridized carbons (Fsp3) is 0.900. The molecule has 1 aliphatic heterocycles. The van der Waals surface area contributed by atoms with Gasteiger partial charge in [-0.3, -0.25) is 4.79 Å². The predicted octanol–water partition coefficient (Wildman–Crippen LogP) is -0.192. The maximum atomic E-state index is 11.1. The van der Waals surface area contributed by atoms with Crippen molar-refractivity contribution in [1.29, 1.82) is 0 Å². The second-order valence-corrected chi connectivity index (χ2v) is 3.68. The summed E-state index contributed by atoms with van der Waals surface area (Å²) in [6, 6.07) is 0. The van der Waals surface area contributed by atoms with E-state index >= 15 is 0 Å². The highest BCUT2D eigenvalue weighted by atomic mass is 16.1. The monoisotopic (exact) mass is 199 g/mol. The van der Waals surface area contributed by atoms with E-state index in [0.29, 0.717) is 13.1 Å². The molecule has 1 fully saturated rings. The van der Waals surface area contributed by atoms with Crippen molar-refractivity contribution in [2.24, 2.45) is 0 Å². The zero-order chi connectivity index (χ0) is 10.2. The Hall–Kier alpha value is -0.610. The Kier molecular flexibility index (Phi) is 5.56. The molecular formula is C10H21N3O. The summed E-state index contributed by atoms with van der Waals surface area (Å²) >= 11 is 0. The fourth-order valence-corrected chi connectivity index (χ4v) is 1.70. The van der Waals surface area contributed by atoms with Crippen molar-refractivity contribution in [3.05, 3.63) is 0 Å². The normalized spacial score (nSPS) is 17.2. The molecule has 0 radical (unpaired) electrons. The molecule has 0 unspecified atom stereocenters. The van der Waals surface area contributed by atoms with E-state index in [-0.39, 0.29) is 5.91 Å². The van der Waals surface area contributed by atoms with Gasteiger partial charge in [-0.15, -0.1) is 0 Å². The van der Waals surface area contributed by atoms with Crippen molar-refractivity contribution in [1.82, 2.24) is 15.5 Å². The summed E-state index contributed by atoms with van der Waals surface area (Å²) in [5.41, 5.74) is 0. The predicted molar refractivity (Wildman–Crippen MR) is 57.2 cm³/mol. The van der Waals surface area contributed by atoms with Crippen molar-refractivity contribution in [3.8, 4) is 0 Å². The first-order valence-electron chi connectivity index (χ1n) is 5.52. The number of likely N-dealkylation sites (N-methyl/N-ethyl adjacent to an activating group) is 1. The van der Waals surface area contributed by atoms with Crippen molar-refractivity contribution in [2.45, 2.75) is 19.8 Å². The molecule has 82 valence electrons. The highest BCUT2D eigenvalue weighted by Gasteiger charge is 2.10. The number of amides is 1. The fourth-order valence-electron chi connectivity index (χ4n) is 1.70. The topological polar surface area (TPSA) is 44.4 Å². The first-order valence-corrected chi connectivity index (χ1v) is 5.52. The first kappa shape index (κ1) is 11.5. The van der Waals surface area contributed by atoms with Gasteiger partial charge >= 0.3 is 0 Å². The summed E-state index contributed by atoms with van der Waals surface area (Å²) in [7, 11) is 0. The van der Waals surface area contributed by atoms with Crippen LogP contribution >= 0.6 is 0 Å². The smallest absolute Gasteiger partial charge is 0.233 e. The molecule has 1 amide bonds. The summed E-state index contributed by atoms with van der Waals surface area (Å²) in [6.07, 6.45) is 2.66. The third kappa shape index (κ3) is 4.58. The van der Waals surface area contributed by atoms with Crippen LogP contribution in [0, 0.1) is 0 Å². The highest BCUT2D eigenvalue weighted by molar-refractivity contribution is 5.77. The quantitative estimate of drug-likeness (QED) is 0.583.